The van der Waals surface area contributed by atoms with E-state index in [0.29, 0.717) is 18.0 Å². The van der Waals surface area contributed by atoms with Crippen LogP contribution in [0.2, 0.25) is 0 Å². The Morgan fingerprint density at radius 1 is 1.19 bits per heavy atom. The van der Waals surface area contributed by atoms with Crippen molar-refractivity contribution in [3.05, 3.63) is 34.3 Å². The quantitative estimate of drug-likeness (QED) is 0.838. The Morgan fingerprint density at radius 3 is 2.33 bits per heavy atom. The lowest BCUT2D eigenvalue weighted by atomic mass is 9.71. The number of piperidine rings is 1. The lowest BCUT2D eigenvalue weighted by Crippen LogP contribution is -2.74. The number of nitrogens with zero attached hydrogens (tertiary/aromatic N) is 2. The third-order valence-corrected chi connectivity index (χ3v) is 5.79. The Bertz CT molecular complexity index is 540. The summed E-state index contributed by atoms with van der Waals surface area (Å²) in [6.07, 6.45) is 2.80. The summed E-state index contributed by atoms with van der Waals surface area (Å²) in [5.74, 6) is 1.70. The van der Waals surface area contributed by atoms with Crippen LogP contribution < -0.4 is 0 Å². The maximum Gasteiger partial charge on any atom is 0.220 e. The third kappa shape index (κ3) is 2.42. The monoisotopic (exact) mass is 348 g/mol. The molecule has 3 aliphatic heterocycles. The van der Waals surface area contributed by atoms with Crippen LogP contribution in [0.25, 0.3) is 0 Å². The summed E-state index contributed by atoms with van der Waals surface area (Å²) in [7, 11) is 0. The Balaban J connectivity index is 1.53. The largest absolute Gasteiger partial charge is 0.333 e. The lowest BCUT2D eigenvalue weighted by Gasteiger charge is -2.61. The van der Waals surface area contributed by atoms with Gasteiger partial charge in [-0.05, 0) is 36.5 Å². The van der Waals surface area contributed by atoms with Crippen LogP contribution in [0.3, 0.4) is 0 Å². The molecule has 1 aliphatic carbocycles. The van der Waals surface area contributed by atoms with E-state index in [4.69, 9.17) is 0 Å². The molecule has 3 nitrogen and oxygen atoms in total. The van der Waals surface area contributed by atoms with Crippen molar-refractivity contribution in [2.24, 2.45) is 5.92 Å². The van der Waals surface area contributed by atoms with Gasteiger partial charge < -0.3 is 4.90 Å². The molecule has 3 saturated heterocycles. The molecular formula is C17H21BrN2O. The maximum absolute atomic E-state index is 11.9. The molecule has 0 aromatic heterocycles. The fraction of sp³-hybridized carbons (Fsp3) is 0.588. The molecule has 0 N–H and O–H groups in total. The Hall–Kier alpha value is -0.870. The molecule has 0 radical (unpaired) electrons. The molecule has 1 aromatic rings. The number of fused-ring (bicyclic) bond motifs is 2. The number of carbonyl (C=O) groups excluding carboxylic acids is 1. The first-order valence-corrected chi connectivity index (χ1v) is 8.69. The van der Waals surface area contributed by atoms with E-state index in [9.17, 15) is 4.79 Å². The molecule has 1 aromatic carbocycles. The van der Waals surface area contributed by atoms with Crippen LogP contribution in [-0.2, 0) is 4.79 Å². The van der Waals surface area contributed by atoms with Crippen LogP contribution in [0, 0.1) is 5.92 Å². The number of piperazine rings is 1. The summed E-state index contributed by atoms with van der Waals surface area (Å²) >= 11 is 3.50. The number of hydrogen-bond acceptors (Lipinski definition) is 2. The molecule has 4 aliphatic rings. The van der Waals surface area contributed by atoms with Gasteiger partial charge in [0.15, 0.2) is 0 Å². The second-order valence-electron chi connectivity index (χ2n) is 6.80. The molecule has 5 rings (SSSR count). The van der Waals surface area contributed by atoms with E-state index in [2.05, 4.69) is 50.0 Å². The molecule has 1 unspecified atom stereocenters. The summed E-state index contributed by atoms with van der Waals surface area (Å²) in [5.41, 5.74) is 1.39. The number of rotatable bonds is 3. The van der Waals surface area contributed by atoms with Crippen molar-refractivity contribution in [2.45, 2.75) is 37.8 Å². The van der Waals surface area contributed by atoms with E-state index in [1.165, 1.54) is 24.9 Å². The Morgan fingerprint density at radius 2 is 1.81 bits per heavy atom. The molecule has 4 fully saturated rings. The first-order valence-electron chi connectivity index (χ1n) is 7.90. The summed E-state index contributed by atoms with van der Waals surface area (Å²) in [6.45, 7) is 5.06. The lowest BCUT2D eigenvalue weighted by molar-refractivity contribution is -0.156. The van der Waals surface area contributed by atoms with Crippen LogP contribution in [-0.4, -0.2) is 47.4 Å². The van der Waals surface area contributed by atoms with Crippen LogP contribution in [0.1, 0.15) is 31.2 Å². The number of hydrogen-bond donors (Lipinski definition) is 0. The van der Waals surface area contributed by atoms with E-state index in [-0.39, 0.29) is 5.91 Å². The molecule has 3 heterocycles. The van der Waals surface area contributed by atoms with Gasteiger partial charge in [-0.1, -0.05) is 28.1 Å². The summed E-state index contributed by atoms with van der Waals surface area (Å²) in [5, 5.41) is 0. The molecular weight excluding hydrogens is 328 g/mol. The van der Waals surface area contributed by atoms with E-state index >= 15 is 0 Å². The van der Waals surface area contributed by atoms with E-state index in [0.717, 1.165) is 23.5 Å². The van der Waals surface area contributed by atoms with Gasteiger partial charge in [0.05, 0.1) is 12.1 Å². The maximum atomic E-state index is 11.9. The molecule has 3 atom stereocenters. The van der Waals surface area contributed by atoms with Gasteiger partial charge in [0, 0.05) is 36.9 Å². The Labute approximate surface area is 134 Å². The summed E-state index contributed by atoms with van der Waals surface area (Å²) in [4.78, 5) is 16.6. The number of carbonyl (C=O) groups is 1. The van der Waals surface area contributed by atoms with Crippen LogP contribution in [0.5, 0.6) is 0 Å². The van der Waals surface area contributed by atoms with Gasteiger partial charge in [-0.2, -0.15) is 0 Å². The Kier molecular flexibility index (Phi) is 3.34. The van der Waals surface area contributed by atoms with E-state index in [1.54, 1.807) is 6.92 Å². The SMILES string of the molecule is CC(=O)N1[C@@H]2CN(CC3CC3)C[C@H]1C2c1ccc(Br)cc1. The van der Waals surface area contributed by atoms with Crippen molar-refractivity contribution in [2.75, 3.05) is 19.6 Å². The highest BCUT2D eigenvalue weighted by molar-refractivity contribution is 9.10. The molecule has 2 bridgehead atoms. The van der Waals surface area contributed by atoms with E-state index < -0.39 is 0 Å². The zero-order valence-corrected chi connectivity index (χ0v) is 13.9. The highest BCUT2D eigenvalue weighted by Crippen LogP contribution is 2.45. The number of benzene rings is 1. The molecule has 1 amide bonds. The molecule has 0 spiro atoms. The first-order chi connectivity index (χ1) is 10.1. The highest BCUT2D eigenvalue weighted by atomic mass is 79.9. The minimum atomic E-state index is 0.240. The van der Waals surface area contributed by atoms with Crippen molar-refractivity contribution in [3.8, 4) is 0 Å². The van der Waals surface area contributed by atoms with Crippen molar-refractivity contribution >= 4 is 21.8 Å². The topological polar surface area (TPSA) is 23.6 Å². The zero-order chi connectivity index (χ0) is 14.6. The predicted octanol–water partition coefficient (Wildman–Crippen LogP) is 2.86. The summed E-state index contributed by atoms with van der Waals surface area (Å²) < 4.78 is 1.12. The predicted molar refractivity (Wildman–Crippen MR) is 86.1 cm³/mol. The average molecular weight is 349 g/mol. The fourth-order valence-electron chi connectivity index (χ4n) is 4.16. The second-order valence-corrected chi connectivity index (χ2v) is 7.72. The van der Waals surface area contributed by atoms with E-state index in [1.807, 2.05) is 0 Å². The standard InChI is InChI=1S/C17H21BrN2O/c1-11(21)20-15-9-19(8-12-2-3-12)10-16(20)17(15)13-4-6-14(18)7-5-13/h4-7,12,15-17H,2-3,8-10H2,1H3/t15-,16+,17?. The first kappa shape index (κ1) is 13.8. The fourth-order valence-corrected chi connectivity index (χ4v) is 4.43. The van der Waals surface area contributed by atoms with Gasteiger partial charge in [0.1, 0.15) is 0 Å². The minimum Gasteiger partial charge on any atom is -0.333 e. The van der Waals surface area contributed by atoms with Gasteiger partial charge in [0.25, 0.3) is 0 Å². The van der Waals surface area contributed by atoms with Crippen LogP contribution in [0.15, 0.2) is 28.7 Å². The van der Waals surface area contributed by atoms with Crippen molar-refractivity contribution in [3.63, 3.8) is 0 Å². The molecule has 4 heteroatoms. The van der Waals surface area contributed by atoms with Crippen LogP contribution >= 0.6 is 15.9 Å². The van der Waals surface area contributed by atoms with Gasteiger partial charge >= 0.3 is 0 Å². The van der Waals surface area contributed by atoms with Crippen LogP contribution in [0.4, 0.5) is 0 Å². The smallest absolute Gasteiger partial charge is 0.220 e. The molecule has 112 valence electrons. The highest BCUT2D eigenvalue weighted by Gasteiger charge is 2.54. The normalized spacial score (nSPS) is 31.9. The van der Waals surface area contributed by atoms with Crippen molar-refractivity contribution in [1.82, 2.24) is 9.80 Å². The molecule has 21 heavy (non-hydrogen) atoms. The average Bonchev–Trinajstić information content (AvgIpc) is 3.24. The number of halogens is 1. The number of amides is 1. The summed E-state index contributed by atoms with van der Waals surface area (Å²) in [6, 6.07) is 9.40. The minimum absolute atomic E-state index is 0.240. The van der Waals surface area contributed by atoms with Gasteiger partial charge in [-0.15, -0.1) is 0 Å². The molecule has 1 saturated carbocycles. The van der Waals surface area contributed by atoms with Gasteiger partial charge in [0.2, 0.25) is 5.91 Å². The second kappa shape index (κ2) is 5.10. The van der Waals surface area contributed by atoms with Gasteiger partial charge in [-0.25, -0.2) is 0 Å². The van der Waals surface area contributed by atoms with Crippen molar-refractivity contribution < 1.29 is 4.79 Å². The van der Waals surface area contributed by atoms with Gasteiger partial charge in [-0.3, -0.25) is 9.69 Å². The third-order valence-electron chi connectivity index (χ3n) is 5.27. The van der Waals surface area contributed by atoms with Crippen molar-refractivity contribution in [1.29, 1.82) is 0 Å². The zero-order valence-electron chi connectivity index (χ0n) is 12.3.